The smallest absolute Gasteiger partial charge is 0.343 e. The molecule has 1 aliphatic heterocycles. The summed E-state index contributed by atoms with van der Waals surface area (Å²) in [7, 11) is 0. The number of amides is 2. The molecule has 0 spiro atoms. The molecule has 152 valence electrons. The summed E-state index contributed by atoms with van der Waals surface area (Å²) in [6.45, 7) is 1.95. The summed E-state index contributed by atoms with van der Waals surface area (Å²) in [5, 5.41) is 10.7. The first-order valence-electron chi connectivity index (χ1n) is 9.45. The van der Waals surface area contributed by atoms with Crippen molar-refractivity contribution in [3.8, 4) is 5.75 Å². The van der Waals surface area contributed by atoms with E-state index in [1.807, 2.05) is 13.0 Å². The molecule has 1 saturated heterocycles. The fourth-order valence-corrected chi connectivity index (χ4v) is 3.86. The highest BCUT2D eigenvalue weighted by atomic mass is 16.6. The molecule has 30 heavy (non-hydrogen) atoms. The molecule has 1 heterocycles. The van der Waals surface area contributed by atoms with Gasteiger partial charge in [-0.3, -0.25) is 19.7 Å². The molecule has 2 aromatic rings. The van der Waals surface area contributed by atoms with Crippen LogP contribution in [0, 0.1) is 22.0 Å². The first kappa shape index (κ1) is 19.5. The monoisotopic (exact) mass is 406 g/mol. The molecule has 2 aromatic carbocycles. The molecule has 2 atom stereocenters. The molecule has 1 aliphatic carbocycles. The number of fused-ring (bicyclic) bond motifs is 1. The Hall–Kier alpha value is -3.81. The third-order valence-corrected chi connectivity index (χ3v) is 5.42. The number of imide groups is 1. The minimum Gasteiger partial charge on any atom is -0.423 e. The number of allylic oxidation sites excluding steroid dienone is 2. The van der Waals surface area contributed by atoms with Crippen LogP contribution in [0.25, 0.3) is 0 Å². The normalized spacial score (nSPS) is 20.6. The van der Waals surface area contributed by atoms with Crippen molar-refractivity contribution in [3.63, 3.8) is 0 Å². The average molecular weight is 406 g/mol. The SMILES string of the molecule is CC1=CC[C@H]2C(=O)N(c3cccc(OC(=O)c4ccc([N+](=O)[O-])cc4)c3)C(=O)[C@@H]2C1. The van der Waals surface area contributed by atoms with Gasteiger partial charge in [0.05, 0.1) is 28.0 Å². The van der Waals surface area contributed by atoms with Crippen molar-refractivity contribution < 1.29 is 24.0 Å². The van der Waals surface area contributed by atoms with E-state index in [1.165, 1.54) is 41.3 Å². The van der Waals surface area contributed by atoms with Gasteiger partial charge in [0.15, 0.2) is 0 Å². The lowest BCUT2D eigenvalue weighted by atomic mass is 9.82. The van der Waals surface area contributed by atoms with Gasteiger partial charge in [-0.05, 0) is 44.0 Å². The molecule has 0 bridgehead atoms. The van der Waals surface area contributed by atoms with Crippen LogP contribution in [0.1, 0.15) is 30.1 Å². The number of ether oxygens (including phenoxy) is 1. The number of rotatable bonds is 4. The molecule has 0 saturated carbocycles. The molecule has 1 fully saturated rings. The van der Waals surface area contributed by atoms with Crippen LogP contribution in [0.4, 0.5) is 11.4 Å². The topological polar surface area (TPSA) is 107 Å². The number of hydrogen-bond acceptors (Lipinski definition) is 6. The predicted octanol–water partition coefficient (Wildman–Crippen LogP) is 3.66. The van der Waals surface area contributed by atoms with Gasteiger partial charge in [-0.25, -0.2) is 9.69 Å². The highest BCUT2D eigenvalue weighted by Gasteiger charge is 2.48. The van der Waals surface area contributed by atoms with E-state index in [2.05, 4.69) is 0 Å². The number of nitro groups is 1. The molecule has 0 aromatic heterocycles. The lowest BCUT2D eigenvalue weighted by molar-refractivity contribution is -0.384. The molecule has 0 radical (unpaired) electrons. The summed E-state index contributed by atoms with van der Waals surface area (Å²) >= 11 is 0. The van der Waals surface area contributed by atoms with E-state index < -0.39 is 10.9 Å². The number of carbonyl (C=O) groups excluding carboxylic acids is 3. The van der Waals surface area contributed by atoms with Gasteiger partial charge in [-0.1, -0.05) is 17.7 Å². The maximum atomic E-state index is 12.9. The molecule has 8 nitrogen and oxygen atoms in total. The Kier molecular flexibility index (Phi) is 4.91. The van der Waals surface area contributed by atoms with Crippen molar-refractivity contribution in [1.82, 2.24) is 0 Å². The zero-order chi connectivity index (χ0) is 21.4. The van der Waals surface area contributed by atoms with Crippen LogP contribution in [0.2, 0.25) is 0 Å². The maximum Gasteiger partial charge on any atom is 0.343 e. The van der Waals surface area contributed by atoms with Crippen molar-refractivity contribution in [2.75, 3.05) is 4.90 Å². The number of hydrogen-bond donors (Lipinski definition) is 0. The zero-order valence-electron chi connectivity index (χ0n) is 16.1. The summed E-state index contributed by atoms with van der Waals surface area (Å²) in [6, 6.07) is 11.3. The van der Waals surface area contributed by atoms with E-state index in [1.54, 1.807) is 12.1 Å². The van der Waals surface area contributed by atoms with E-state index >= 15 is 0 Å². The molecule has 2 aliphatic rings. The zero-order valence-corrected chi connectivity index (χ0v) is 16.1. The molecule has 2 amide bonds. The van der Waals surface area contributed by atoms with Gasteiger partial charge in [0.1, 0.15) is 5.75 Å². The Morgan fingerprint density at radius 2 is 1.80 bits per heavy atom. The minimum atomic E-state index is -0.699. The second-order valence-electron chi connectivity index (χ2n) is 7.41. The first-order chi connectivity index (χ1) is 14.3. The fourth-order valence-electron chi connectivity index (χ4n) is 3.86. The Morgan fingerprint density at radius 1 is 1.10 bits per heavy atom. The Bertz CT molecular complexity index is 1090. The van der Waals surface area contributed by atoms with Crippen LogP contribution in [-0.2, 0) is 9.59 Å². The summed E-state index contributed by atoms with van der Waals surface area (Å²) in [4.78, 5) is 49.4. The average Bonchev–Trinajstić information content (AvgIpc) is 2.98. The number of anilines is 1. The largest absolute Gasteiger partial charge is 0.423 e. The molecule has 0 N–H and O–H groups in total. The van der Waals surface area contributed by atoms with Crippen molar-refractivity contribution in [2.24, 2.45) is 11.8 Å². The van der Waals surface area contributed by atoms with Crippen LogP contribution in [0.5, 0.6) is 5.75 Å². The van der Waals surface area contributed by atoms with Crippen LogP contribution in [-0.4, -0.2) is 22.7 Å². The van der Waals surface area contributed by atoms with E-state index in [0.717, 1.165) is 5.57 Å². The summed E-state index contributed by atoms with van der Waals surface area (Å²) in [6.07, 6.45) is 3.12. The molecular formula is C22H18N2O6. The number of carbonyl (C=O) groups is 3. The maximum absolute atomic E-state index is 12.9. The van der Waals surface area contributed by atoms with Gasteiger partial charge in [-0.15, -0.1) is 0 Å². The van der Waals surface area contributed by atoms with Gasteiger partial charge in [0.2, 0.25) is 11.8 Å². The standard InChI is InChI=1S/C22H18N2O6/c1-13-5-10-18-19(11-13)21(26)23(20(18)25)16-3-2-4-17(12-16)30-22(27)14-6-8-15(9-7-14)24(28)29/h2-9,12,18-19H,10-11H2,1H3/t18-,19-/m1/s1. The van der Waals surface area contributed by atoms with E-state index in [-0.39, 0.29) is 40.7 Å². The number of nitro benzene ring substituents is 1. The molecule has 8 heteroatoms. The first-order valence-corrected chi connectivity index (χ1v) is 9.45. The van der Waals surface area contributed by atoms with Crippen LogP contribution < -0.4 is 9.64 Å². The van der Waals surface area contributed by atoms with Gasteiger partial charge < -0.3 is 4.74 Å². The minimum absolute atomic E-state index is 0.134. The third-order valence-electron chi connectivity index (χ3n) is 5.42. The Morgan fingerprint density at radius 3 is 2.50 bits per heavy atom. The lowest BCUT2D eigenvalue weighted by Gasteiger charge is -2.18. The third kappa shape index (κ3) is 3.47. The van der Waals surface area contributed by atoms with Gasteiger partial charge in [0, 0.05) is 18.2 Å². The van der Waals surface area contributed by atoms with E-state index in [0.29, 0.717) is 18.5 Å². The second kappa shape index (κ2) is 7.55. The highest BCUT2D eigenvalue weighted by molar-refractivity contribution is 6.22. The molecule has 4 rings (SSSR count). The van der Waals surface area contributed by atoms with Crippen molar-refractivity contribution in [2.45, 2.75) is 19.8 Å². The number of benzene rings is 2. The van der Waals surface area contributed by atoms with Gasteiger partial charge in [-0.2, -0.15) is 0 Å². The van der Waals surface area contributed by atoms with Crippen molar-refractivity contribution in [3.05, 3.63) is 75.9 Å². The van der Waals surface area contributed by atoms with Gasteiger partial charge >= 0.3 is 5.97 Å². The van der Waals surface area contributed by atoms with E-state index in [9.17, 15) is 24.5 Å². The summed E-state index contributed by atoms with van der Waals surface area (Å²) in [5.41, 5.74) is 1.47. The quantitative estimate of drug-likeness (QED) is 0.192. The lowest BCUT2D eigenvalue weighted by Crippen LogP contribution is -2.30. The second-order valence-corrected chi connectivity index (χ2v) is 7.41. The number of nitrogens with zero attached hydrogens (tertiary/aromatic N) is 2. The number of non-ortho nitro benzene ring substituents is 1. The Labute approximate surface area is 171 Å². The fraction of sp³-hybridized carbons (Fsp3) is 0.227. The van der Waals surface area contributed by atoms with E-state index in [4.69, 9.17) is 4.74 Å². The van der Waals surface area contributed by atoms with Gasteiger partial charge in [0.25, 0.3) is 5.69 Å². The summed E-state index contributed by atoms with van der Waals surface area (Å²) < 4.78 is 5.34. The van der Waals surface area contributed by atoms with Crippen LogP contribution in [0.15, 0.2) is 60.2 Å². The predicted molar refractivity (Wildman–Crippen MR) is 107 cm³/mol. The van der Waals surface area contributed by atoms with Crippen LogP contribution in [0.3, 0.4) is 0 Å². The molecular weight excluding hydrogens is 388 g/mol. The molecule has 0 unspecified atom stereocenters. The van der Waals surface area contributed by atoms with Crippen molar-refractivity contribution >= 4 is 29.2 Å². The summed E-state index contributed by atoms with van der Waals surface area (Å²) in [5.74, 6) is -1.72. The Balaban J connectivity index is 1.53. The van der Waals surface area contributed by atoms with Crippen molar-refractivity contribution in [1.29, 1.82) is 0 Å². The van der Waals surface area contributed by atoms with Crippen LogP contribution >= 0.6 is 0 Å². The number of esters is 1. The highest BCUT2D eigenvalue weighted by Crippen LogP contribution is 2.40.